The molecule has 0 bridgehead atoms. The monoisotopic (exact) mass is 308 g/mol. The van der Waals surface area contributed by atoms with Crippen molar-refractivity contribution in [3.63, 3.8) is 0 Å². The quantitative estimate of drug-likeness (QED) is 0.839. The van der Waals surface area contributed by atoms with E-state index in [-0.39, 0.29) is 17.5 Å². The largest absolute Gasteiger partial charge is 0.317 e. The number of hydrogen-bond acceptors (Lipinski definition) is 2. The first-order chi connectivity index (χ1) is 11.0. The van der Waals surface area contributed by atoms with Crippen molar-refractivity contribution in [3.8, 4) is 0 Å². The fourth-order valence-corrected chi connectivity index (χ4v) is 3.05. The number of hydrogen-bond donors (Lipinski definition) is 0. The fraction of sp³-hybridized carbons (Fsp3) is 0.350. The first-order valence-electron chi connectivity index (χ1n) is 8.13. The van der Waals surface area contributed by atoms with Gasteiger partial charge in [-0.3, -0.25) is 9.69 Å². The van der Waals surface area contributed by atoms with E-state index in [2.05, 4.69) is 37.8 Å². The average Bonchev–Trinajstić information content (AvgIpc) is 3.01. The second-order valence-corrected chi connectivity index (χ2v) is 7.10. The molecular weight excluding hydrogens is 284 g/mol. The Labute approximate surface area is 138 Å². The Balaban J connectivity index is 1.93. The second-order valence-electron chi connectivity index (χ2n) is 7.10. The predicted octanol–water partition coefficient (Wildman–Crippen LogP) is 3.94. The van der Waals surface area contributed by atoms with Gasteiger partial charge in [0.05, 0.1) is 12.7 Å². The van der Waals surface area contributed by atoms with Gasteiger partial charge in [0.25, 0.3) is 5.91 Å². The van der Waals surface area contributed by atoms with Crippen LogP contribution in [0.5, 0.6) is 0 Å². The van der Waals surface area contributed by atoms with Crippen LogP contribution in [0.4, 0.5) is 0 Å². The van der Waals surface area contributed by atoms with Crippen LogP contribution in [0.15, 0.2) is 60.7 Å². The van der Waals surface area contributed by atoms with E-state index in [1.807, 2.05) is 53.4 Å². The lowest BCUT2D eigenvalue weighted by molar-refractivity contribution is 0.0682. The molecule has 0 radical (unpaired) electrons. The van der Waals surface area contributed by atoms with Crippen LogP contribution >= 0.6 is 0 Å². The van der Waals surface area contributed by atoms with Gasteiger partial charge in [-0.1, -0.05) is 48.5 Å². The van der Waals surface area contributed by atoms with Crippen LogP contribution in [0.2, 0.25) is 0 Å². The van der Waals surface area contributed by atoms with Crippen molar-refractivity contribution in [1.29, 1.82) is 0 Å². The number of rotatable bonds is 2. The summed E-state index contributed by atoms with van der Waals surface area (Å²) in [5.74, 6) is 0.103. The number of nitrogens with zero attached hydrogens (tertiary/aromatic N) is 2. The van der Waals surface area contributed by atoms with Crippen LogP contribution in [0.25, 0.3) is 0 Å². The topological polar surface area (TPSA) is 23.6 Å². The highest BCUT2D eigenvalue weighted by Gasteiger charge is 2.39. The molecule has 0 unspecified atom stereocenters. The molecule has 0 aliphatic carbocycles. The van der Waals surface area contributed by atoms with E-state index < -0.39 is 0 Å². The van der Waals surface area contributed by atoms with Crippen molar-refractivity contribution >= 4 is 5.91 Å². The molecule has 0 aromatic heterocycles. The van der Waals surface area contributed by atoms with Gasteiger partial charge >= 0.3 is 0 Å². The summed E-state index contributed by atoms with van der Waals surface area (Å²) in [5, 5.41) is 0. The highest BCUT2D eigenvalue weighted by Crippen LogP contribution is 2.33. The highest BCUT2D eigenvalue weighted by atomic mass is 16.2. The lowest BCUT2D eigenvalue weighted by Gasteiger charge is -2.31. The summed E-state index contributed by atoms with van der Waals surface area (Å²) in [7, 11) is 0. The van der Waals surface area contributed by atoms with Crippen molar-refractivity contribution in [2.24, 2.45) is 0 Å². The molecule has 0 saturated carbocycles. The molecule has 1 atom stereocenters. The summed E-state index contributed by atoms with van der Waals surface area (Å²) >= 11 is 0. The van der Waals surface area contributed by atoms with Crippen molar-refractivity contribution in [3.05, 3.63) is 71.8 Å². The molecule has 1 fully saturated rings. The summed E-state index contributed by atoms with van der Waals surface area (Å²) in [6, 6.07) is 20.0. The van der Waals surface area contributed by atoms with Gasteiger partial charge in [0, 0.05) is 17.6 Å². The zero-order valence-electron chi connectivity index (χ0n) is 14.1. The maximum atomic E-state index is 13.0. The van der Waals surface area contributed by atoms with Crippen LogP contribution < -0.4 is 0 Å². The lowest BCUT2D eigenvalue weighted by Crippen LogP contribution is -2.41. The van der Waals surface area contributed by atoms with E-state index in [1.54, 1.807) is 0 Å². The predicted molar refractivity (Wildman–Crippen MR) is 93.1 cm³/mol. The van der Waals surface area contributed by atoms with E-state index >= 15 is 0 Å². The van der Waals surface area contributed by atoms with Crippen molar-refractivity contribution < 1.29 is 4.79 Å². The Bertz CT molecular complexity index is 661. The van der Waals surface area contributed by atoms with E-state index in [9.17, 15) is 4.79 Å². The van der Waals surface area contributed by atoms with Gasteiger partial charge in [0.15, 0.2) is 0 Å². The molecule has 2 aromatic rings. The number of amides is 1. The first kappa shape index (κ1) is 15.8. The van der Waals surface area contributed by atoms with E-state index in [4.69, 9.17) is 0 Å². The van der Waals surface area contributed by atoms with E-state index in [0.29, 0.717) is 6.67 Å². The summed E-state index contributed by atoms with van der Waals surface area (Å²) in [6.07, 6.45) is 0. The van der Waals surface area contributed by atoms with Gasteiger partial charge in [-0.25, -0.2) is 0 Å². The smallest absolute Gasteiger partial charge is 0.255 e. The molecule has 3 heteroatoms. The maximum Gasteiger partial charge on any atom is 0.255 e. The molecule has 1 saturated heterocycles. The number of carbonyl (C=O) groups excluding carboxylic acids is 1. The van der Waals surface area contributed by atoms with Gasteiger partial charge in [-0.15, -0.1) is 0 Å². The highest BCUT2D eigenvalue weighted by molar-refractivity contribution is 5.94. The molecule has 1 aliphatic rings. The summed E-state index contributed by atoms with van der Waals surface area (Å²) in [4.78, 5) is 17.4. The minimum absolute atomic E-state index is 0.0404. The fourth-order valence-electron chi connectivity index (χ4n) is 3.05. The summed E-state index contributed by atoms with van der Waals surface area (Å²) in [6.45, 7) is 8.13. The SMILES string of the molecule is CC(C)(C)N1C[C@@H](c2ccccc2)N(C(=O)c2ccccc2)C1. The van der Waals surface area contributed by atoms with Gasteiger partial charge in [-0.05, 0) is 38.5 Å². The Morgan fingerprint density at radius 2 is 1.52 bits per heavy atom. The van der Waals surface area contributed by atoms with E-state index in [0.717, 1.165) is 12.1 Å². The Hall–Kier alpha value is -2.13. The Kier molecular flexibility index (Phi) is 4.22. The maximum absolute atomic E-state index is 13.0. The van der Waals surface area contributed by atoms with Crippen molar-refractivity contribution in [1.82, 2.24) is 9.80 Å². The van der Waals surface area contributed by atoms with Crippen LogP contribution in [-0.4, -0.2) is 34.5 Å². The van der Waals surface area contributed by atoms with Gasteiger partial charge in [0.2, 0.25) is 0 Å². The third-order valence-corrected chi connectivity index (χ3v) is 4.51. The molecule has 120 valence electrons. The number of carbonyl (C=O) groups is 1. The van der Waals surface area contributed by atoms with Crippen molar-refractivity contribution in [2.75, 3.05) is 13.2 Å². The van der Waals surface area contributed by atoms with Crippen molar-refractivity contribution in [2.45, 2.75) is 32.4 Å². The van der Waals surface area contributed by atoms with Crippen LogP contribution in [0.3, 0.4) is 0 Å². The average molecular weight is 308 g/mol. The lowest BCUT2D eigenvalue weighted by atomic mass is 10.0. The molecule has 23 heavy (non-hydrogen) atoms. The third kappa shape index (κ3) is 3.30. The summed E-state index contributed by atoms with van der Waals surface area (Å²) in [5.41, 5.74) is 1.99. The number of benzene rings is 2. The van der Waals surface area contributed by atoms with Gasteiger partial charge in [-0.2, -0.15) is 0 Å². The Morgan fingerprint density at radius 1 is 0.957 bits per heavy atom. The Morgan fingerprint density at radius 3 is 2.09 bits per heavy atom. The molecule has 3 nitrogen and oxygen atoms in total. The van der Waals surface area contributed by atoms with E-state index in [1.165, 1.54) is 5.56 Å². The molecule has 1 aliphatic heterocycles. The zero-order valence-corrected chi connectivity index (χ0v) is 14.1. The molecule has 3 rings (SSSR count). The molecule has 1 amide bonds. The molecule has 0 N–H and O–H groups in total. The van der Waals surface area contributed by atoms with Crippen LogP contribution in [0.1, 0.15) is 42.7 Å². The molecule has 0 spiro atoms. The first-order valence-corrected chi connectivity index (χ1v) is 8.13. The molecule has 2 aromatic carbocycles. The normalized spacial score (nSPS) is 19.1. The molecular formula is C20H24N2O. The van der Waals surface area contributed by atoms with Gasteiger partial charge < -0.3 is 4.90 Å². The third-order valence-electron chi connectivity index (χ3n) is 4.51. The van der Waals surface area contributed by atoms with Crippen LogP contribution in [0, 0.1) is 0 Å². The van der Waals surface area contributed by atoms with Gasteiger partial charge in [0.1, 0.15) is 0 Å². The molecule has 1 heterocycles. The standard InChI is InChI=1S/C20H24N2O/c1-20(2,3)21-14-18(16-10-6-4-7-11-16)22(15-21)19(23)17-12-8-5-9-13-17/h4-13,18H,14-15H2,1-3H3/t18-/m0/s1. The zero-order chi connectivity index (χ0) is 16.4. The minimum Gasteiger partial charge on any atom is -0.317 e. The summed E-state index contributed by atoms with van der Waals surface area (Å²) < 4.78 is 0. The minimum atomic E-state index is 0.0404. The van der Waals surface area contributed by atoms with Crippen LogP contribution in [-0.2, 0) is 0 Å². The second kappa shape index (κ2) is 6.17.